The zero-order valence-corrected chi connectivity index (χ0v) is 14.4. The second-order valence-corrected chi connectivity index (χ2v) is 4.67. The quantitative estimate of drug-likeness (QED) is 0.687. The van der Waals surface area contributed by atoms with Crippen LogP contribution in [0.3, 0.4) is 0 Å². The maximum Gasteiger partial charge on any atom is 0.234 e. The Morgan fingerprint density at radius 3 is 1.95 bits per heavy atom. The summed E-state index contributed by atoms with van der Waals surface area (Å²) in [6.45, 7) is 19.8. The molecule has 0 bridgehead atoms. The van der Waals surface area contributed by atoms with Crippen LogP contribution >= 0.6 is 0 Å². The number of nitrogens with zero attached hydrogens (tertiary/aromatic N) is 1. The highest BCUT2D eigenvalue weighted by atomic mass is 16.2. The van der Waals surface area contributed by atoms with Crippen molar-refractivity contribution in [1.29, 1.82) is 0 Å². The summed E-state index contributed by atoms with van der Waals surface area (Å²) in [4.78, 5) is 13.7. The van der Waals surface area contributed by atoms with E-state index < -0.39 is 0 Å². The Balaban J connectivity index is 0.000000921. The number of carbonyl (C=O) groups excluding carboxylic acids is 1. The van der Waals surface area contributed by atoms with Crippen molar-refractivity contribution in [3.63, 3.8) is 0 Å². The van der Waals surface area contributed by atoms with Crippen molar-refractivity contribution < 1.29 is 4.79 Å². The Morgan fingerprint density at radius 2 is 1.62 bits per heavy atom. The van der Waals surface area contributed by atoms with Crippen LogP contribution < -0.4 is 4.90 Å². The summed E-state index contributed by atoms with van der Waals surface area (Å²) in [5, 5.41) is 0. The van der Waals surface area contributed by atoms with Gasteiger partial charge in [-0.15, -0.1) is 0 Å². The second kappa shape index (κ2) is 9.17. The molecule has 1 amide bonds. The number of hydrogen-bond acceptors (Lipinski definition) is 1. The summed E-state index contributed by atoms with van der Waals surface area (Å²) >= 11 is 0. The van der Waals surface area contributed by atoms with Gasteiger partial charge in [-0.25, -0.2) is 0 Å². The molecule has 0 aromatic heterocycles. The van der Waals surface area contributed by atoms with Crippen LogP contribution in [0.1, 0.15) is 53.5 Å². The lowest BCUT2D eigenvalue weighted by molar-refractivity contribution is -0.119. The third kappa shape index (κ3) is 4.59. The molecule has 0 saturated carbocycles. The maximum absolute atomic E-state index is 12.0. The molecule has 1 aliphatic heterocycles. The fourth-order valence-electron chi connectivity index (χ4n) is 2.11. The third-order valence-corrected chi connectivity index (χ3v) is 3.12. The summed E-state index contributed by atoms with van der Waals surface area (Å²) in [6.07, 6.45) is 0.751. The standard InChI is InChI=1S/C15H17NO.2C2H6/c1-10(2)13-5-7-14(8-6-13)16-12(4)9-11(3)15(16)17;2*1-2/h5-8,11H,1,4,9H2,2-3H3;2*1-2H3. The van der Waals surface area contributed by atoms with Gasteiger partial charge in [0.25, 0.3) is 0 Å². The molecule has 0 aliphatic carbocycles. The predicted molar refractivity (Wildman–Crippen MR) is 94.3 cm³/mol. The van der Waals surface area contributed by atoms with Gasteiger partial charge in [-0.3, -0.25) is 9.69 Å². The Hall–Kier alpha value is -1.83. The number of hydrogen-bond donors (Lipinski definition) is 0. The lowest BCUT2D eigenvalue weighted by Crippen LogP contribution is -2.24. The molecule has 0 radical (unpaired) electrons. The van der Waals surface area contributed by atoms with Gasteiger partial charge in [0.15, 0.2) is 0 Å². The van der Waals surface area contributed by atoms with Crippen LogP contribution in [-0.4, -0.2) is 5.91 Å². The van der Waals surface area contributed by atoms with E-state index in [-0.39, 0.29) is 11.8 Å². The molecule has 21 heavy (non-hydrogen) atoms. The van der Waals surface area contributed by atoms with Gasteiger partial charge >= 0.3 is 0 Å². The molecule has 1 aromatic carbocycles. The molecule has 1 fully saturated rings. The van der Waals surface area contributed by atoms with E-state index in [0.29, 0.717) is 0 Å². The molecule has 2 heteroatoms. The van der Waals surface area contributed by atoms with Crippen molar-refractivity contribution in [3.05, 3.63) is 48.7 Å². The Bertz CT molecular complexity index is 485. The highest BCUT2D eigenvalue weighted by Crippen LogP contribution is 2.32. The summed E-state index contributed by atoms with van der Waals surface area (Å²) in [5.41, 5.74) is 3.90. The Kier molecular flexibility index (Phi) is 8.37. The van der Waals surface area contributed by atoms with Gasteiger partial charge in [0.05, 0.1) is 0 Å². The van der Waals surface area contributed by atoms with E-state index in [9.17, 15) is 4.79 Å². The largest absolute Gasteiger partial charge is 0.285 e. The molecule has 1 atom stereocenters. The molecule has 0 spiro atoms. The zero-order chi connectivity index (χ0) is 16.6. The van der Waals surface area contributed by atoms with E-state index in [2.05, 4.69) is 13.2 Å². The zero-order valence-electron chi connectivity index (χ0n) is 14.4. The van der Waals surface area contributed by atoms with Crippen LogP contribution in [0.15, 0.2) is 43.1 Å². The second-order valence-electron chi connectivity index (χ2n) is 4.67. The number of rotatable bonds is 2. The third-order valence-electron chi connectivity index (χ3n) is 3.12. The normalized spacial score (nSPS) is 16.7. The van der Waals surface area contributed by atoms with Gasteiger partial charge < -0.3 is 0 Å². The first-order chi connectivity index (χ1) is 10.0. The van der Waals surface area contributed by atoms with E-state index >= 15 is 0 Å². The maximum atomic E-state index is 12.0. The Morgan fingerprint density at radius 1 is 1.14 bits per heavy atom. The fourth-order valence-corrected chi connectivity index (χ4v) is 2.11. The first-order valence-corrected chi connectivity index (χ1v) is 7.78. The lowest BCUT2D eigenvalue weighted by Gasteiger charge is -2.18. The molecule has 1 aromatic rings. The number of amides is 1. The van der Waals surface area contributed by atoms with E-state index in [1.807, 2.05) is 65.8 Å². The number of allylic oxidation sites excluding steroid dienone is 2. The van der Waals surface area contributed by atoms with E-state index in [1.165, 1.54) is 0 Å². The predicted octanol–water partition coefficient (Wildman–Crippen LogP) is 5.66. The van der Waals surface area contributed by atoms with Crippen molar-refractivity contribution in [1.82, 2.24) is 0 Å². The molecule has 1 saturated heterocycles. The summed E-state index contributed by atoms with van der Waals surface area (Å²) in [6, 6.07) is 7.87. The fraction of sp³-hybridized carbons (Fsp3) is 0.421. The van der Waals surface area contributed by atoms with Gasteiger partial charge in [-0.05, 0) is 31.0 Å². The monoisotopic (exact) mass is 287 g/mol. The SMILES string of the molecule is C=C(C)c1ccc(N2C(=C)CC(C)C2=O)cc1.CC.CC. The number of carbonyl (C=O) groups is 1. The summed E-state index contributed by atoms with van der Waals surface area (Å²) in [5.74, 6) is 0.182. The number of benzene rings is 1. The first kappa shape index (κ1) is 19.2. The minimum Gasteiger partial charge on any atom is -0.285 e. The van der Waals surface area contributed by atoms with Crippen molar-refractivity contribution >= 4 is 17.2 Å². The van der Waals surface area contributed by atoms with Gasteiger partial charge in [0, 0.05) is 17.3 Å². The van der Waals surface area contributed by atoms with Crippen LogP contribution in [0.5, 0.6) is 0 Å². The molecular formula is C19H29NO. The molecule has 116 valence electrons. The van der Waals surface area contributed by atoms with Crippen LogP contribution in [0.4, 0.5) is 5.69 Å². The minimum absolute atomic E-state index is 0.0447. The highest BCUT2D eigenvalue weighted by molar-refractivity contribution is 6.00. The molecule has 1 aliphatic rings. The minimum atomic E-state index is 0.0447. The highest BCUT2D eigenvalue weighted by Gasteiger charge is 2.32. The first-order valence-electron chi connectivity index (χ1n) is 7.78. The van der Waals surface area contributed by atoms with Crippen molar-refractivity contribution in [2.45, 2.75) is 48.0 Å². The van der Waals surface area contributed by atoms with Gasteiger partial charge in [0.2, 0.25) is 5.91 Å². The molecule has 0 N–H and O–H groups in total. The average Bonchev–Trinajstić information content (AvgIpc) is 2.76. The van der Waals surface area contributed by atoms with Gasteiger partial charge in [0.1, 0.15) is 0 Å². The smallest absolute Gasteiger partial charge is 0.234 e. The van der Waals surface area contributed by atoms with E-state index in [4.69, 9.17) is 0 Å². The molecule has 2 nitrogen and oxygen atoms in total. The van der Waals surface area contributed by atoms with Crippen LogP contribution in [-0.2, 0) is 4.79 Å². The van der Waals surface area contributed by atoms with Gasteiger partial charge in [-0.2, -0.15) is 0 Å². The topological polar surface area (TPSA) is 20.3 Å². The molecular weight excluding hydrogens is 258 g/mol. The number of anilines is 1. The Labute approximate surface area is 130 Å². The van der Waals surface area contributed by atoms with E-state index in [1.54, 1.807) is 4.90 Å². The van der Waals surface area contributed by atoms with Crippen molar-refractivity contribution in [2.24, 2.45) is 5.92 Å². The molecule has 2 rings (SSSR count). The van der Waals surface area contributed by atoms with Crippen molar-refractivity contribution in [2.75, 3.05) is 4.90 Å². The van der Waals surface area contributed by atoms with Crippen LogP contribution in [0, 0.1) is 5.92 Å². The van der Waals surface area contributed by atoms with Crippen molar-refractivity contribution in [3.8, 4) is 0 Å². The lowest BCUT2D eigenvalue weighted by atomic mass is 10.1. The van der Waals surface area contributed by atoms with Crippen LogP contribution in [0.2, 0.25) is 0 Å². The van der Waals surface area contributed by atoms with E-state index in [0.717, 1.165) is 28.9 Å². The van der Waals surface area contributed by atoms with Crippen LogP contribution in [0.25, 0.3) is 5.57 Å². The van der Waals surface area contributed by atoms with Gasteiger partial charge in [-0.1, -0.05) is 65.5 Å². The average molecular weight is 287 g/mol. The summed E-state index contributed by atoms with van der Waals surface area (Å²) in [7, 11) is 0. The summed E-state index contributed by atoms with van der Waals surface area (Å²) < 4.78 is 0. The molecule has 1 unspecified atom stereocenters. The molecule has 1 heterocycles.